The van der Waals surface area contributed by atoms with Gasteiger partial charge < -0.3 is 20.9 Å². The lowest BCUT2D eigenvalue weighted by Gasteiger charge is -2.36. The molecule has 7 heteroatoms. The third-order valence-corrected chi connectivity index (χ3v) is 5.67. The molecule has 1 aromatic rings. The lowest BCUT2D eigenvalue weighted by molar-refractivity contribution is -0.135. The van der Waals surface area contributed by atoms with Gasteiger partial charge in [-0.3, -0.25) is 9.59 Å². The fourth-order valence-corrected chi connectivity index (χ4v) is 3.85. The molecule has 2 fully saturated rings. The van der Waals surface area contributed by atoms with Crippen molar-refractivity contribution in [3.05, 3.63) is 29.3 Å². The predicted octanol–water partition coefficient (Wildman–Crippen LogP) is 1.77. The number of nitrogens with two attached hydrogens (primary N) is 1. The van der Waals surface area contributed by atoms with Crippen molar-refractivity contribution in [3.63, 3.8) is 0 Å². The second-order valence-electron chi connectivity index (χ2n) is 7.24. The first-order valence-corrected chi connectivity index (χ1v) is 9.71. The monoisotopic (exact) mass is 378 g/mol. The summed E-state index contributed by atoms with van der Waals surface area (Å²) < 4.78 is 0. The van der Waals surface area contributed by atoms with Gasteiger partial charge in [0.15, 0.2) is 0 Å². The van der Waals surface area contributed by atoms with Crippen molar-refractivity contribution in [1.29, 1.82) is 0 Å². The second-order valence-corrected chi connectivity index (χ2v) is 7.68. The van der Waals surface area contributed by atoms with Crippen molar-refractivity contribution in [2.24, 2.45) is 5.73 Å². The third kappa shape index (κ3) is 4.48. The van der Waals surface area contributed by atoms with E-state index < -0.39 is 5.54 Å². The molecule has 26 heavy (non-hydrogen) atoms. The van der Waals surface area contributed by atoms with Crippen molar-refractivity contribution in [3.8, 4) is 0 Å². The Bertz CT molecular complexity index is 635. The molecule has 0 bridgehead atoms. The van der Waals surface area contributed by atoms with Gasteiger partial charge in [0.25, 0.3) is 0 Å². The normalized spacial score (nSPS) is 19.9. The van der Waals surface area contributed by atoms with Crippen LogP contribution in [0.5, 0.6) is 0 Å². The van der Waals surface area contributed by atoms with Crippen molar-refractivity contribution >= 4 is 29.1 Å². The van der Waals surface area contributed by atoms with Gasteiger partial charge in [0.1, 0.15) is 0 Å². The van der Waals surface area contributed by atoms with Crippen molar-refractivity contribution < 1.29 is 9.59 Å². The highest BCUT2D eigenvalue weighted by Gasteiger charge is 2.35. The van der Waals surface area contributed by atoms with Crippen molar-refractivity contribution in [1.82, 2.24) is 10.2 Å². The number of nitrogens with zero attached hydrogens (tertiary/aromatic N) is 2. The van der Waals surface area contributed by atoms with E-state index in [4.69, 9.17) is 17.3 Å². The SMILES string of the molecule is NC1(C(=O)NCC(=O)N2CCN(c3ccc(Cl)cc3)CC2)CCCCC1. The van der Waals surface area contributed by atoms with E-state index in [1.165, 1.54) is 0 Å². The Hall–Kier alpha value is -1.79. The van der Waals surface area contributed by atoms with Crippen molar-refractivity contribution in [2.45, 2.75) is 37.6 Å². The van der Waals surface area contributed by atoms with Gasteiger partial charge in [-0.15, -0.1) is 0 Å². The second kappa shape index (κ2) is 8.27. The number of benzene rings is 1. The van der Waals surface area contributed by atoms with E-state index in [9.17, 15) is 9.59 Å². The zero-order chi connectivity index (χ0) is 18.6. The molecule has 3 N–H and O–H groups in total. The van der Waals surface area contributed by atoms with Crippen LogP contribution in [0.15, 0.2) is 24.3 Å². The molecule has 1 saturated heterocycles. The lowest BCUT2D eigenvalue weighted by Crippen LogP contribution is -2.57. The average molecular weight is 379 g/mol. The fraction of sp³-hybridized carbons (Fsp3) is 0.579. The van der Waals surface area contributed by atoms with E-state index in [0.717, 1.165) is 38.0 Å². The largest absolute Gasteiger partial charge is 0.368 e. The quantitative estimate of drug-likeness (QED) is 0.836. The number of anilines is 1. The van der Waals surface area contributed by atoms with Crippen LogP contribution in [-0.4, -0.2) is 55.0 Å². The highest BCUT2D eigenvalue weighted by molar-refractivity contribution is 6.30. The Morgan fingerprint density at radius 3 is 2.27 bits per heavy atom. The minimum atomic E-state index is -0.800. The summed E-state index contributed by atoms with van der Waals surface area (Å²) in [6.07, 6.45) is 4.48. The first-order chi connectivity index (χ1) is 12.5. The Morgan fingerprint density at radius 1 is 1.04 bits per heavy atom. The van der Waals surface area contributed by atoms with Crippen LogP contribution in [0.2, 0.25) is 5.02 Å². The molecule has 6 nitrogen and oxygen atoms in total. The van der Waals surface area contributed by atoms with Crippen LogP contribution in [-0.2, 0) is 9.59 Å². The van der Waals surface area contributed by atoms with Gasteiger partial charge in [0, 0.05) is 36.9 Å². The number of carbonyl (C=O) groups excluding carboxylic acids is 2. The van der Waals surface area contributed by atoms with Gasteiger partial charge in [-0.05, 0) is 37.1 Å². The summed E-state index contributed by atoms with van der Waals surface area (Å²) in [5.74, 6) is -0.237. The maximum Gasteiger partial charge on any atom is 0.242 e. The topological polar surface area (TPSA) is 78.7 Å². The number of nitrogens with one attached hydrogen (secondary N) is 1. The van der Waals surface area contributed by atoms with Gasteiger partial charge in [-0.25, -0.2) is 0 Å². The van der Waals surface area contributed by atoms with Crippen LogP contribution >= 0.6 is 11.6 Å². The molecule has 1 saturated carbocycles. The predicted molar refractivity (Wildman–Crippen MR) is 103 cm³/mol. The van der Waals surface area contributed by atoms with E-state index >= 15 is 0 Å². The number of halogens is 1. The molecule has 1 heterocycles. The molecule has 0 spiro atoms. The molecular formula is C19H27ClN4O2. The fourth-order valence-electron chi connectivity index (χ4n) is 3.72. The molecular weight excluding hydrogens is 352 g/mol. The van der Waals surface area contributed by atoms with Crippen LogP contribution in [0.25, 0.3) is 0 Å². The maximum absolute atomic E-state index is 12.4. The molecule has 0 atom stereocenters. The Kier molecular flexibility index (Phi) is 6.04. The van der Waals surface area contributed by atoms with Crippen LogP contribution in [0, 0.1) is 0 Å². The minimum absolute atomic E-state index is 0.0265. The Morgan fingerprint density at radius 2 is 1.65 bits per heavy atom. The van der Waals surface area contributed by atoms with Gasteiger partial charge in [0.05, 0.1) is 12.1 Å². The van der Waals surface area contributed by atoms with Gasteiger partial charge >= 0.3 is 0 Å². The van der Waals surface area contributed by atoms with Crippen molar-refractivity contribution in [2.75, 3.05) is 37.6 Å². The molecule has 3 rings (SSSR count). The molecule has 2 amide bonds. The summed E-state index contributed by atoms with van der Waals surface area (Å²) in [6.45, 7) is 2.85. The Balaban J connectivity index is 1.45. The number of piperazine rings is 1. The number of amides is 2. The zero-order valence-electron chi connectivity index (χ0n) is 15.0. The van der Waals surface area contributed by atoms with E-state index in [0.29, 0.717) is 31.0 Å². The van der Waals surface area contributed by atoms with Gasteiger partial charge in [-0.2, -0.15) is 0 Å². The van der Waals surface area contributed by atoms with Crippen LogP contribution in [0.1, 0.15) is 32.1 Å². The Labute approximate surface area is 159 Å². The lowest BCUT2D eigenvalue weighted by atomic mass is 9.82. The molecule has 1 aromatic carbocycles. The first-order valence-electron chi connectivity index (χ1n) is 9.33. The smallest absolute Gasteiger partial charge is 0.242 e. The third-order valence-electron chi connectivity index (χ3n) is 5.42. The first kappa shape index (κ1) is 19.0. The standard InChI is InChI=1S/C19H27ClN4O2/c20-15-4-6-16(7-5-15)23-10-12-24(13-11-23)17(25)14-22-18(26)19(21)8-2-1-3-9-19/h4-7H,1-3,8-14,21H2,(H,22,26). The summed E-state index contributed by atoms with van der Waals surface area (Å²) in [7, 11) is 0. The maximum atomic E-state index is 12.4. The summed E-state index contributed by atoms with van der Waals surface area (Å²) in [5, 5.41) is 3.47. The molecule has 1 aliphatic carbocycles. The van der Waals surface area contributed by atoms with Crippen LogP contribution in [0.4, 0.5) is 5.69 Å². The molecule has 0 unspecified atom stereocenters. The molecule has 2 aliphatic rings. The average Bonchev–Trinajstić information content (AvgIpc) is 2.67. The summed E-state index contributed by atoms with van der Waals surface area (Å²) in [6, 6.07) is 7.73. The summed E-state index contributed by atoms with van der Waals surface area (Å²) in [4.78, 5) is 28.8. The molecule has 0 radical (unpaired) electrons. The van der Waals surface area contributed by atoms with Gasteiger partial charge in [-0.1, -0.05) is 30.9 Å². The molecule has 0 aromatic heterocycles. The van der Waals surface area contributed by atoms with E-state index in [1.54, 1.807) is 4.90 Å². The minimum Gasteiger partial charge on any atom is -0.368 e. The number of hydrogen-bond donors (Lipinski definition) is 2. The number of carbonyl (C=O) groups is 2. The number of hydrogen-bond acceptors (Lipinski definition) is 4. The van der Waals surface area contributed by atoms with E-state index in [2.05, 4.69) is 10.2 Å². The number of rotatable bonds is 4. The van der Waals surface area contributed by atoms with Crippen LogP contribution in [0.3, 0.4) is 0 Å². The molecule has 1 aliphatic heterocycles. The zero-order valence-corrected chi connectivity index (χ0v) is 15.8. The van der Waals surface area contributed by atoms with E-state index in [1.807, 2.05) is 24.3 Å². The van der Waals surface area contributed by atoms with Gasteiger partial charge in [0.2, 0.25) is 11.8 Å². The van der Waals surface area contributed by atoms with Crippen LogP contribution < -0.4 is 16.0 Å². The highest BCUT2D eigenvalue weighted by Crippen LogP contribution is 2.26. The molecule has 142 valence electrons. The summed E-state index contributed by atoms with van der Waals surface area (Å²) in [5.41, 5.74) is 6.52. The highest BCUT2D eigenvalue weighted by atomic mass is 35.5. The summed E-state index contributed by atoms with van der Waals surface area (Å²) >= 11 is 5.93. The van der Waals surface area contributed by atoms with E-state index in [-0.39, 0.29) is 18.4 Å².